The predicted octanol–water partition coefficient (Wildman–Crippen LogP) is 1.97. The van der Waals surface area contributed by atoms with Gasteiger partial charge in [-0.1, -0.05) is 12.1 Å². The van der Waals surface area contributed by atoms with Gasteiger partial charge in [0.15, 0.2) is 5.60 Å². The Hall–Kier alpha value is -1.84. The van der Waals surface area contributed by atoms with Gasteiger partial charge in [-0.3, -0.25) is 9.59 Å². The second kappa shape index (κ2) is 4.20. The number of benzene rings is 1. The molecular formula is C13H14O4. The molecule has 1 aromatic rings. The lowest BCUT2D eigenvalue weighted by atomic mass is 9.94. The zero-order chi connectivity index (χ0) is 12.5. The predicted molar refractivity (Wildman–Crippen MR) is 61.1 cm³/mol. The maximum atomic E-state index is 12.1. The second-order valence-electron chi connectivity index (χ2n) is 4.14. The molecular weight excluding hydrogens is 220 g/mol. The zero-order valence-corrected chi connectivity index (χ0v) is 9.86. The third-order valence-corrected chi connectivity index (χ3v) is 2.73. The average Bonchev–Trinajstić information content (AvgIpc) is 2.52. The van der Waals surface area contributed by atoms with Gasteiger partial charge in [-0.05, 0) is 26.0 Å². The summed E-state index contributed by atoms with van der Waals surface area (Å²) in [5, 5.41) is 0. The lowest BCUT2D eigenvalue weighted by molar-refractivity contribution is -0.146. The molecule has 0 saturated heterocycles. The van der Waals surface area contributed by atoms with Crippen LogP contribution in [0.1, 0.15) is 30.6 Å². The molecule has 0 aliphatic carbocycles. The van der Waals surface area contributed by atoms with Gasteiger partial charge in [-0.15, -0.1) is 0 Å². The van der Waals surface area contributed by atoms with E-state index in [0.29, 0.717) is 17.9 Å². The molecule has 4 heteroatoms. The van der Waals surface area contributed by atoms with E-state index in [4.69, 9.17) is 9.47 Å². The number of carbonyl (C=O) groups is 2. The molecule has 0 radical (unpaired) electrons. The van der Waals surface area contributed by atoms with Gasteiger partial charge in [0.1, 0.15) is 5.75 Å². The molecule has 0 unspecified atom stereocenters. The van der Waals surface area contributed by atoms with Crippen molar-refractivity contribution in [1.29, 1.82) is 0 Å². The molecule has 1 aliphatic heterocycles. The topological polar surface area (TPSA) is 52.6 Å². The first-order chi connectivity index (χ1) is 8.07. The normalized spacial score (nSPS) is 21.9. The largest absolute Gasteiger partial charge is 0.478 e. The molecule has 0 saturated carbocycles. The van der Waals surface area contributed by atoms with E-state index in [9.17, 15) is 9.59 Å². The Morgan fingerprint density at radius 1 is 1.41 bits per heavy atom. The summed E-state index contributed by atoms with van der Waals surface area (Å²) < 4.78 is 10.4. The van der Waals surface area contributed by atoms with Gasteiger partial charge in [-0.2, -0.15) is 0 Å². The Morgan fingerprint density at radius 3 is 2.76 bits per heavy atom. The molecule has 1 atom stereocenters. The molecule has 0 aromatic heterocycles. The maximum absolute atomic E-state index is 12.1. The molecule has 0 fully saturated rings. The van der Waals surface area contributed by atoms with E-state index in [-0.39, 0.29) is 12.2 Å². The molecule has 1 heterocycles. The minimum absolute atomic E-state index is 0.0612. The van der Waals surface area contributed by atoms with Crippen LogP contribution in [0.2, 0.25) is 0 Å². The van der Waals surface area contributed by atoms with Crippen LogP contribution in [0.3, 0.4) is 0 Å². The highest BCUT2D eigenvalue weighted by Gasteiger charge is 2.45. The fourth-order valence-electron chi connectivity index (χ4n) is 1.92. The van der Waals surface area contributed by atoms with Crippen LogP contribution < -0.4 is 4.74 Å². The first-order valence-corrected chi connectivity index (χ1v) is 5.55. The third kappa shape index (κ3) is 2.02. The number of hydrogen-bond acceptors (Lipinski definition) is 4. The van der Waals surface area contributed by atoms with Crippen LogP contribution in [0.15, 0.2) is 24.3 Å². The summed E-state index contributed by atoms with van der Waals surface area (Å²) in [6.45, 7) is 3.65. The molecule has 2 rings (SSSR count). The molecule has 0 spiro atoms. The fourth-order valence-corrected chi connectivity index (χ4v) is 1.92. The van der Waals surface area contributed by atoms with E-state index in [1.165, 1.54) is 0 Å². The van der Waals surface area contributed by atoms with Gasteiger partial charge in [-0.25, -0.2) is 0 Å². The summed E-state index contributed by atoms with van der Waals surface area (Å²) in [6, 6.07) is 7.00. The lowest BCUT2D eigenvalue weighted by Crippen LogP contribution is -2.39. The second-order valence-corrected chi connectivity index (χ2v) is 4.14. The molecule has 90 valence electrons. The number of para-hydroxylation sites is 1. The number of Topliss-reactive ketones (excluding diaryl/α,β-unsaturated/α-hetero) is 1. The van der Waals surface area contributed by atoms with Crippen molar-refractivity contribution in [2.75, 3.05) is 6.61 Å². The monoisotopic (exact) mass is 234 g/mol. The summed E-state index contributed by atoms with van der Waals surface area (Å²) >= 11 is 0. The minimum atomic E-state index is -1.13. The van der Waals surface area contributed by atoms with Crippen molar-refractivity contribution in [1.82, 2.24) is 0 Å². The van der Waals surface area contributed by atoms with Crippen LogP contribution in [-0.4, -0.2) is 24.0 Å². The van der Waals surface area contributed by atoms with Crippen LogP contribution >= 0.6 is 0 Å². The van der Waals surface area contributed by atoms with Crippen molar-refractivity contribution < 1.29 is 19.1 Å². The molecule has 0 N–H and O–H groups in total. The van der Waals surface area contributed by atoms with Crippen LogP contribution in [0.25, 0.3) is 0 Å². The SMILES string of the molecule is CCOC(=O)C[C@@]1(C)Oc2ccccc2C1=O. The molecule has 4 nitrogen and oxygen atoms in total. The Kier molecular flexibility index (Phi) is 2.88. The van der Waals surface area contributed by atoms with E-state index >= 15 is 0 Å². The number of fused-ring (bicyclic) bond motifs is 1. The highest BCUT2D eigenvalue weighted by atomic mass is 16.5. The summed E-state index contributed by atoms with van der Waals surface area (Å²) in [5.41, 5.74) is -0.602. The first-order valence-electron chi connectivity index (χ1n) is 5.55. The van der Waals surface area contributed by atoms with E-state index in [2.05, 4.69) is 0 Å². The van der Waals surface area contributed by atoms with Gasteiger partial charge < -0.3 is 9.47 Å². The van der Waals surface area contributed by atoms with Gasteiger partial charge in [0.25, 0.3) is 0 Å². The molecule has 0 amide bonds. The molecule has 17 heavy (non-hydrogen) atoms. The zero-order valence-electron chi connectivity index (χ0n) is 9.86. The molecule has 0 bridgehead atoms. The Morgan fingerprint density at radius 2 is 2.12 bits per heavy atom. The van der Waals surface area contributed by atoms with E-state index in [1.54, 1.807) is 38.1 Å². The van der Waals surface area contributed by atoms with Gasteiger partial charge in [0.05, 0.1) is 18.6 Å². The summed E-state index contributed by atoms with van der Waals surface area (Å²) in [4.78, 5) is 23.6. The Labute approximate surface area is 99.5 Å². The van der Waals surface area contributed by atoms with E-state index < -0.39 is 11.6 Å². The first kappa shape index (κ1) is 11.6. The van der Waals surface area contributed by atoms with Gasteiger partial charge >= 0.3 is 5.97 Å². The maximum Gasteiger partial charge on any atom is 0.310 e. The van der Waals surface area contributed by atoms with Crippen molar-refractivity contribution in [3.63, 3.8) is 0 Å². The number of esters is 1. The van der Waals surface area contributed by atoms with Crippen molar-refractivity contribution in [3.05, 3.63) is 29.8 Å². The van der Waals surface area contributed by atoms with Crippen LogP contribution in [0.4, 0.5) is 0 Å². The highest BCUT2D eigenvalue weighted by Crippen LogP contribution is 2.36. The van der Waals surface area contributed by atoms with Crippen molar-refractivity contribution in [3.8, 4) is 5.75 Å². The van der Waals surface area contributed by atoms with Crippen LogP contribution in [0.5, 0.6) is 5.75 Å². The van der Waals surface area contributed by atoms with Crippen LogP contribution in [-0.2, 0) is 9.53 Å². The van der Waals surface area contributed by atoms with Gasteiger partial charge in [0, 0.05) is 0 Å². The standard InChI is InChI=1S/C13H14O4/c1-3-16-11(14)8-13(2)12(15)9-6-4-5-7-10(9)17-13/h4-7H,3,8H2,1-2H3/t13-/m1/s1. The van der Waals surface area contributed by atoms with Crippen molar-refractivity contribution in [2.24, 2.45) is 0 Å². The number of rotatable bonds is 3. The molecule has 1 aliphatic rings. The van der Waals surface area contributed by atoms with Crippen LogP contribution in [0, 0.1) is 0 Å². The van der Waals surface area contributed by atoms with E-state index in [0.717, 1.165) is 0 Å². The number of ketones is 1. The summed E-state index contributed by atoms with van der Waals surface area (Å²) in [7, 11) is 0. The summed E-state index contributed by atoms with van der Waals surface area (Å²) in [5.74, 6) is -0.0541. The van der Waals surface area contributed by atoms with Crippen molar-refractivity contribution >= 4 is 11.8 Å². The number of ether oxygens (including phenoxy) is 2. The summed E-state index contributed by atoms with van der Waals surface area (Å²) in [6.07, 6.45) is -0.0612. The molecule has 1 aromatic carbocycles. The average molecular weight is 234 g/mol. The lowest BCUT2D eigenvalue weighted by Gasteiger charge is -2.20. The quantitative estimate of drug-likeness (QED) is 0.750. The smallest absolute Gasteiger partial charge is 0.310 e. The van der Waals surface area contributed by atoms with Crippen molar-refractivity contribution in [2.45, 2.75) is 25.9 Å². The highest BCUT2D eigenvalue weighted by molar-refractivity contribution is 6.08. The number of carbonyl (C=O) groups excluding carboxylic acids is 2. The number of hydrogen-bond donors (Lipinski definition) is 0. The minimum Gasteiger partial charge on any atom is -0.478 e. The van der Waals surface area contributed by atoms with Gasteiger partial charge in [0.2, 0.25) is 5.78 Å². The third-order valence-electron chi connectivity index (χ3n) is 2.73. The van der Waals surface area contributed by atoms with E-state index in [1.807, 2.05) is 0 Å². The Bertz CT molecular complexity index is 466. The Balaban J connectivity index is 2.20. The fraction of sp³-hybridized carbons (Fsp3) is 0.385.